The summed E-state index contributed by atoms with van der Waals surface area (Å²) in [6.45, 7) is 3.62. The average Bonchev–Trinajstić information content (AvgIpc) is 3.02. The summed E-state index contributed by atoms with van der Waals surface area (Å²) in [5.74, 6) is 1.95. The molecule has 5 rings (SSSR count). The quantitative estimate of drug-likeness (QED) is 0.196. The zero-order chi connectivity index (χ0) is 29.5. The van der Waals surface area contributed by atoms with Gasteiger partial charge < -0.3 is 19.3 Å². The van der Waals surface area contributed by atoms with E-state index in [9.17, 15) is 20.2 Å². The predicted octanol–water partition coefficient (Wildman–Crippen LogP) is 4.92. The number of hydrazone groups is 1. The number of non-ortho nitro benzene ring substituents is 1. The molecule has 0 aliphatic carbocycles. The molecule has 2 aliphatic rings. The molecule has 2 saturated heterocycles. The number of benzene rings is 2. The van der Waals surface area contributed by atoms with Crippen molar-refractivity contribution in [3.63, 3.8) is 0 Å². The second kappa shape index (κ2) is 13.1. The zero-order valence-corrected chi connectivity index (χ0v) is 23.1. The van der Waals surface area contributed by atoms with Crippen LogP contribution in [0.4, 0.5) is 29.2 Å². The van der Waals surface area contributed by atoms with Crippen LogP contribution < -0.4 is 24.7 Å². The Morgan fingerprint density at radius 3 is 2.00 bits per heavy atom. The number of piperidine rings is 2. The van der Waals surface area contributed by atoms with E-state index in [4.69, 9.17) is 14.5 Å². The predicted molar refractivity (Wildman–Crippen MR) is 156 cm³/mol. The molecular formula is C27H31N9O6. The number of nitrogens with one attached hydrogen (secondary N) is 1. The van der Waals surface area contributed by atoms with Crippen molar-refractivity contribution in [2.75, 3.05) is 48.5 Å². The van der Waals surface area contributed by atoms with Gasteiger partial charge in [0.25, 0.3) is 5.69 Å². The summed E-state index contributed by atoms with van der Waals surface area (Å²) in [6.07, 6.45) is 8.37. The third kappa shape index (κ3) is 6.79. The van der Waals surface area contributed by atoms with Crippen LogP contribution in [0.25, 0.3) is 0 Å². The minimum absolute atomic E-state index is 0.157. The first kappa shape index (κ1) is 28.4. The van der Waals surface area contributed by atoms with Crippen LogP contribution in [0, 0.1) is 20.2 Å². The summed E-state index contributed by atoms with van der Waals surface area (Å²) in [6, 6.07) is 8.06. The van der Waals surface area contributed by atoms with Gasteiger partial charge >= 0.3 is 5.69 Å². The van der Waals surface area contributed by atoms with Crippen molar-refractivity contribution in [3.8, 4) is 17.2 Å². The van der Waals surface area contributed by atoms with Gasteiger partial charge in [0.2, 0.25) is 23.6 Å². The summed E-state index contributed by atoms with van der Waals surface area (Å²) in [4.78, 5) is 39.5. The second-order valence-electron chi connectivity index (χ2n) is 9.90. The van der Waals surface area contributed by atoms with Crippen LogP contribution in [-0.4, -0.2) is 64.3 Å². The maximum absolute atomic E-state index is 11.5. The maximum atomic E-state index is 11.5. The molecule has 3 aromatic rings. The van der Waals surface area contributed by atoms with Gasteiger partial charge in [-0.1, -0.05) is 0 Å². The summed E-state index contributed by atoms with van der Waals surface area (Å²) in [7, 11) is 1.43. The summed E-state index contributed by atoms with van der Waals surface area (Å²) in [5, 5.41) is 26.8. The summed E-state index contributed by atoms with van der Waals surface area (Å²) >= 11 is 0. The van der Waals surface area contributed by atoms with E-state index >= 15 is 0 Å². The normalized spacial score (nSPS) is 15.5. The van der Waals surface area contributed by atoms with E-state index in [0.717, 1.165) is 64.0 Å². The fourth-order valence-corrected chi connectivity index (χ4v) is 4.85. The molecule has 2 aromatic carbocycles. The number of hydrogen-bond acceptors (Lipinski definition) is 13. The van der Waals surface area contributed by atoms with Gasteiger partial charge in [-0.05, 0) is 68.4 Å². The van der Waals surface area contributed by atoms with Crippen molar-refractivity contribution >= 4 is 35.4 Å². The molecule has 2 fully saturated rings. The molecule has 1 aromatic heterocycles. The van der Waals surface area contributed by atoms with Gasteiger partial charge in [0, 0.05) is 32.2 Å². The van der Waals surface area contributed by atoms with Crippen LogP contribution in [0.1, 0.15) is 44.1 Å². The number of nitro benzene ring substituents is 2. The molecule has 0 atom stereocenters. The molecule has 0 spiro atoms. The maximum Gasteiger partial charge on any atom is 0.318 e. The van der Waals surface area contributed by atoms with Crippen LogP contribution >= 0.6 is 0 Å². The third-order valence-corrected chi connectivity index (χ3v) is 7.03. The Morgan fingerprint density at radius 2 is 1.43 bits per heavy atom. The summed E-state index contributed by atoms with van der Waals surface area (Å²) < 4.78 is 11.1. The van der Waals surface area contributed by atoms with E-state index in [1.165, 1.54) is 26.0 Å². The SMILES string of the molecule is COc1cc(C=NNc2nc(N3CCCCC3)nc(N3CCCCC3)n2)ccc1Oc1ccc([N+](=O)[O-])cc1[N+](=O)[O-]. The van der Waals surface area contributed by atoms with Crippen molar-refractivity contribution < 1.29 is 19.3 Å². The number of anilines is 3. The molecule has 2 aliphatic heterocycles. The second-order valence-corrected chi connectivity index (χ2v) is 9.90. The van der Waals surface area contributed by atoms with Crippen molar-refractivity contribution in [2.24, 2.45) is 5.10 Å². The number of methoxy groups -OCH3 is 1. The standard InChI is InChI=1S/C27H31N9O6/c1-41-24-16-19(8-10-23(24)42-22-11-9-20(35(37)38)17-21(22)36(39)40)18-28-32-25-29-26(33-12-4-2-5-13-33)31-27(30-25)34-14-6-3-7-15-34/h8-11,16-18H,2-7,12-15H2,1H3,(H,29,30,31,32). The van der Waals surface area contributed by atoms with E-state index in [1.807, 2.05) is 0 Å². The van der Waals surface area contributed by atoms with Crippen molar-refractivity contribution in [1.82, 2.24) is 15.0 Å². The Bertz CT molecular complexity index is 1440. The van der Waals surface area contributed by atoms with Crippen LogP contribution in [0.3, 0.4) is 0 Å². The lowest BCUT2D eigenvalue weighted by Gasteiger charge is -2.30. The monoisotopic (exact) mass is 577 g/mol. The van der Waals surface area contributed by atoms with Gasteiger partial charge in [0.1, 0.15) is 0 Å². The van der Waals surface area contributed by atoms with Gasteiger partial charge in [-0.2, -0.15) is 20.1 Å². The lowest BCUT2D eigenvalue weighted by molar-refractivity contribution is -0.394. The lowest BCUT2D eigenvalue weighted by Crippen LogP contribution is -2.34. The molecule has 0 bridgehead atoms. The molecule has 1 N–H and O–H groups in total. The molecule has 0 saturated carbocycles. The van der Waals surface area contributed by atoms with E-state index in [-0.39, 0.29) is 17.2 Å². The number of aromatic nitrogens is 3. The average molecular weight is 578 g/mol. The molecule has 220 valence electrons. The Kier molecular flexibility index (Phi) is 8.84. The minimum atomic E-state index is -0.740. The van der Waals surface area contributed by atoms with Gasteiger partial charge in [0.05, 0.1) is 29.2 Å². The highest BCUT2D eigenvalue weighted by atomic mass is 16.6. The van der Waals surface area contributed by atoms with Crippen LogP contribution in [0.15, 0.2) is 41.5 Å². The molecule has 42 heavy (non-hydrogen) atoms. The number of nitrogens with zero attached hydrogens (tertiary/aromatic N) is 8. The molecule has 15 heteroatoms. The first-order valence-electron chi connectivity index (χ1n) is 13.7. The Hall–Kier alpha value is -5.08. The van der Waals surface area contributed by atoms with Crippen LogP contribution in [-0.2, 0) is 0 Å². The smallest absolute Gasteiger partial charge is 0.318 e. The van der Waals surface area contributed by atoms with Gasteiger partial charge in [-0.25, -0.2) is 5.43 Å². The van der Waals surface area contributed by atoms with E-state index in [2.05, 4.69) is 30.3 Å². The molecule has 0 unspecified atom stereocenters. The number of hydrogen-bond donors (Lipinski definition) is 1. The zero-order valence-electron chi connectivity index (χ0n) is 23.1. The number of nitro groups is 2. The van der Waals surface area contributed by atoms with Gasteiger partial charge in [-0.3, -0.25) is 20.2 Å². The highest BCUT2D eigenvalue weighted by Crippen LogP contribution is 2.38. The Morgan fingerprint density at radius 1 is 0.810 bits per heavy atom. The number of ether oxygens (including phenoxy) is 2. The molecule has 15 nitrogen and oxygen atoms in total. The third-order valence-electron chi connectivity index (χ3n) is 7.03. The first-order chi connectivity index (χ1) is 20.4. The van der Waals surface area contributed by atoms with Gasteiger partial charge in [0.15, 0.2) is 11.5 Å². The lowest BCUT2D eigenvalue weighted by atomic mass is 10.1. The van der Waals surface area contributed by atoms with Gasteiger partial charge in [-0.15, -0.1) is 0 Å². The highest BCUT2D eigenvalue weighted by molar-refractivity contribution is 5.81. The first-order valence-corrected chi connectivity index (χ1v) is 13.7. The van der Waals surface area contributed by atoms with Crippen molar-refractivity contribution in [3.05, 3.63) is 62.2 Å². The van der Waals surface area contributed by atoms with Crippen molar-refractivity contribution in [2.45, 2.75) is 38.5 Å². The minimum Gasteiger partial charge on any atom is -0.493 e. The Balaban J connectivity index is 1.33. The highest BCUT2D eigenvalue weighted by Gasteiger charge is 2.23. The topological polar surface area (TPSA) is 174 Å². The number of rotatable bonds is 10. The van der Waals surface area contributed by atoms with Crippen LogP contribution in [0.2, 0.25) is 0 Å². The fraction of sp³-hybridized carbons (Fsp3) is 0.407. The van der Waals surface area contributed by atoms with Crippen LogP contribution in [0.5, 0.6) is 17.2 Å². The molecular weight excluding hydrogens is 546 g/mol. The van der Waals surface area contributed by atoms with E-state index < -0.39 is 21.2 Å². The largest absolute Gasteiger partial charge is 0.493 e. The van der Waals surface area contributed by atoms with E-state index in [0.29, 0.717) is 23.4 Å². The molecule has 0 amide bonds. The fourth-order valence-electron chi connectivity index (χ4n) is 4.85. The molecule has 0 radical (unpaired) electrons. The van der Waals surface area contributed by atoms with E-state index in [1.54, 1.807) is 24.4 Å². The summed E-state index contributed by atoms with van der Waals surface area (Å²) in [5.41, 5.74) is 2.63. The molecule has 3 heterocycles. The Labute approximate surface area is 241 Å². The van der Waals surface area contributed by atoms with Crippen molar-refractivity contribution in [1.29, 1.82) is 0 Å².